The van der Waals surface area contributed by atoms with Gasteiger partial charge in [-0.1, -0.05) is 23.2 Å². The van der Waals surface area contributed by atoms with Gasteiger partial charge in [0.2, 0.25) is 0 Å². The molecule has 180 valence electrons. The van der Waals surface area contributed by atoms with E-state index in [1.54, 1.807) is 7.11 Å². The number of hydrogen-bond acceptors (Lipinski definition) is 8. The first kappa shape index (κ1) is 23.8. The van der Waals surface area contributed by atoms with Gasteiger partial charge in [0.15, 0.2) is 11.5 Å². The van der Waals surface area contributed by atoms with E-state index in [1.807, 2.05) is 24.3 Å². The third-order valence-electron chi connectivity index (χ3n) is 5.95. The number of anilines is 2. The van der Waals surface area contributed by atoms with E-state index in [0.29, 0.717) is 62.3 Å². The molecule has 0 bridgehead atoms. The van der Waals surface area contributed by atoms with E-state index in [-0.39, 0.29) is 6.10 Å². The van der Waals surface area contributed by atoms with E-state index in [9.17, 15) is 0 Å². The Labute approximate surface area is 215 Å². The Morgan fingerprint density at radius 3 is 2.91 bits per heavy atom. The third kappa shape index (κ3) is 4.91. The maximum absolute atomic E-state index is 6.41. The van der Waals surface area contributed by atoms with Gasteiger partial charge in [-0.3, -0.25) is 4.90 Å². The molecule has 0 saturated carbocycles. The first-order valence-corrected chi connectivity index (χ1v) is 12.4. The summed E-state index contributed by atoms with van der Waals surface area (Å²) < 4.78 is 24.0. The van der Waals surface area contributed by atoms with Crippen LogP contribution in [0.15, 0.2) is 35.1 Å². The lowest BCUT2D eigenvalue weighted by Gasteiger charge is -2.41. The van der Waals surface area contributed by atoms with Crippen LogP contribution in [0.2, 0.25) is 10.0 Å². The van der Waals surface area contributed by atoms with E-state index < -0.39 is 0 Å². The minimum absolute atomic E-state index is 0.0262. The number of morpholine rings is 2. The Balaban J connectivity index is 1.36. The van der Waals surface area contributed by atoms with Crippen molar-refractivity contribution >= 4 is 61.5 Å². The van der Waals surface area contributed by atoms with Crippen LogP contribution in [0.25, 0.3) is 10.9 Å². The lowest BCUT2D eigenvalue weighted by atomic mass is 10.1. The van der Waals surface area contributed by atoms with Crippen LogP contribution in [-0.2, 0) is 9.47 Å². The molecule has 2 fully saturated rings. The molecule has 2 aliphatic rings. The van der Waals surface area contributed by atoms with E-state index in [4.69, 9.17) is 42.1 Å². The largest absolute Gasteiger partial charge is 0.493 e. The monoisotopic (exact) mass is 568 g/mol. The molecular formula is C23H23BrCl2N4O4. The number of hydrogen-bond donors (Lipinski definition) is 1. The third-order valence-corrected chi connectivity index (χ3v) is 7.72. The highest BCUT2D eigenvalue weighted by Crippen LogP contribution is 2.39. The van der Waals surface area contributed by atoms with E-state index in [2.05, 4.69) is 36.1 Å². The van der Waals surface area contributed by atoms with Crippen molar-refractivity contribution in [3.05, 3.63) is 45.1 Å². The summed E-state index contributed by atoms with van der Waals surface area (Å²) >= 11 is 16.0. The Kier molecular flexibility index (Phi) is 7.29. The van der Waals surface area contributed by atoms with Gasteiger partial charge in [0.05, 0.1) is 54.2 Å². The van der Waals surface area contributed by atoms with E-state index in [1.165, 1.54) is 6.33 Å². The molecule has 11 heteroatoms. The topological polar surface area (TPSA) is 78.0 Å². The van der Waals surface area contributed by atoms with Gasteiger partial charge in [0.25, 0.3) is 0 Å². The summed E-state index contributed by atoms with van der Waals surface area (Å²) in [6.45, 7) is 4.28. The fourth-order valence-electron chi connectivity index (χ4n) is 4.11. The molecule has 5 rings (SSSR count). The highest BCUT2D eigenvalue weighted by molar-refractivity contribution is 9.10. The summed E-state index contributed by atoms with van der Waals surface area (Å²) in [6.07, 6.45) is 1.46. The zero-order valence-corrected chi connectivity index (χ0v) is 21.5. The van der Waals surface area contributed by atoms with Crippen molar-refractivity contribution in [1.29, 1.82) is 0 Å². The summed E-state index contributed by atoms with van der Waals surface area (Å²) in [7, 11) is 1.60. The van der Waals surface area contributed by atoms with Crippen LogP contribution in [0.1, 0.15) is 0 Å². The molecule has 0 amide bonds. The zero-order valence-electron chi connectivity index (χ0n) is 18.4. The molecule has 34 heavy (non-hydrogen) atoms. The average molecular weight is 570 g/mol. The summed E-state index contributed by atoms with van der Waals surface area (Å²) in [5.41, 5.74) is 1.33. The molecule has 1 N–H and O–H groups in total. The van der Waals surface area contributed by atoms with Gasteiger partial charge in [-0.05, 0) is 34.1 Å². The highest BCUT2D eigenvalue weighted by atomic mass is 79.9. The lowest BCUT2D eigenvalue weighted by Crippen LogP contribution is -2.56. The number of ether oxygens (including phenoxy) is 4. The van der Waals surface area contributed by atoms with Crippen molar-refractivity contribution in [1.82, 2.24) is 14.9 Å². The Hall–Kier alpha value is -1.88. The van der Waals surface area contributed by atoms with Gasteiger partial charge in [-0.15, -0.1) is 0 Å². The summed E-state index contributed by atoms with van der Waals surface area (Å²) in [4.78, 5) is 11.2. The van der Waals surface area contributed by atoms with Crippen LogP contribution in [-0.4, -0.2) is 73.6 Å². The average Bonchev–Trinajstić information content (AvgIpc) is 2.87. The predicted octanol–water partition coefficient (Wildman–Crippen LogP) is 4.93. The maximum Gasteiger partial charge on any atom is 0.163 e. The fourth-order valence-corrected chi connectivity index (χ4v) is 4.94. The van der Waals surface area contributed by atoms with E-state index >= 15 is 0 Å². The van der Waals surface area contributed by atoms with Crippen molar-refractivity contribution in [2.75, 3.05) is 51.9 Å². The smallest absolute Gasteiger partial charge is 0.163 e. The second-order valence-electron chi connectivity index (χ2n) is 8.08. The maximum atomic E-state index is 6.41. The zero-order chi connectivity index (χ0) is 23.7. The van der Waals surface area contributed by atoms with Crippen molar-refractivity contribution in [2.24, 2.45) is 0 Å². The summed E-state index contributed by atoms with van der Waals surface area (Å²) in [6, 6.07) is 7.67. The number of methoxy groups -OCH3 is 1. The quantitative estimate of drug-likeness (QED) is 0.419. The van der Waals surface area contributed by atoms with Crippen LogP contribution in [0, 0.1) is 0 Å². The number of halogens is 3. The van der Waals surface area contributed by atoms with Gasteiger partial charge in [0.1, 0.15) is 24.9 Å². The molecule has 2 aliphatic heterocycles. The number of aromatic nitrogens is 2. The SMILES string of the molecule is COc1cc2c(Nc3ccc(Br)c(Cl)c3Cl)ncnc2cc1OCC1CN2CCOCC2CO1. The second kappa shape index (κ2) is 10.4. The molecule has 2 saturated heterocycles. The Morgan fingerprint density at radius 1 is 1.18 bits per heavy atom. The Morgan fingerprint density at radius 2 is 2.06 bits per heavy atom. The van der Waals surface area contributed by atoms with Crippen LogP contribution in [0.5, 0.6) is 11.5 Å². The highest BCUT2D eigenvalue weighted by Gasteiger charge is 2.31. The summed E-state index contributed by atoms with van der Waals surface area (Å²) in [5, 5.41) is 4.82. The normalized spacial score (nSPS) is 20.7. The van der Waals surface area contributed by atoms with Crippen molar-refractivity contribution in [3.63, 3.8) is 0 Å². The number of benzene rings is 2. The number of rotatable bonds is 6. The van der Waals surface area contributed by atoms with E-state index in [0.717, 1.165) is 31.7 Å². The van der Waals surface area contributed by atoms with Gasteiger partial charge in [-0.25, -0.2) is 9.97 Å². The lowest BCUT2D eigenvalue weighted by molar-refractivity contribution is -0.124. The second-order valence-corrected chi connectivity index (χ2v) is 9.69. The molecule has 0 spiro atoms. The molecular weight excluding hydrogens is 547 g/mol. The van der Waals surface area contributed by atoms with Gasteiger partial charge in [0, 0.05) is 29.0 Å². The molecule has 2 atom stereocenters. The predicted molar refractivity (Wildman–Crippen MR) is 135 cm³/mol. The fraction of sp³-hybridized carbons (Fsp3) is 0.391. The molecule has 1 aromatic heterocycles. The van der Waals surface area contributed by atoms with Crippen LogP contribution in [0.3, 0.4) is 0 Å². The Bertz CT molecular complexity index is 1200. The molecule has 0 aliphatic carbocycles. The van der Waals surface area contributed by atoms with Crippen LogP contribution >= 0.6 is 39.1 Å². The first-order valence-electron chi connectivity index (χ1n) is 10.8. The van der Waals surface area contributed by atoms with Gasteiger partial charge >= 0.3 is 0 Å². The van der Waals surface area contributed by atoms with Crippen LogP contribution < -0.4 is 14.8 Å². The molecule has 2 aromatic carbocycles. The minimum Gasteiger partial charge on any atom is -0.493 e. The van der Waals surface area contributed by atoms with Gasteiger partial charge in [-0.2, -0.15) is 0 Å². The molecule has 3 aromatic rings. The first-order chi connectivity index (χ1) is 16.5. The minimum atomic E-state index is -0.0262. The van der Waals surface area contributed by atoms with Crippen molar-refractivity contribution < 1.29 is 18.9 Å². The number of nitrogens with zero attached hydrogens (tertiary/aromatic N) is 3. The summed E-state index contributed by atoms with van der Waals surface area (Å²) in [5.74, 6) is 1.74. The van der Waals surface area contributed by atoms with Crippen molar-refractivity contribution in [2.45, 2.75) is 12.1 Å². The number of nitrogens with one attached hydrogen (secondary N) is 1. The van der Waals surface area contributed by atoms with Crippen LogP contribution in [0.4, 0.5) is 11.5 Å². The number of fused-ring (bicyclic) bond motifs is 2. The van der Waals surface area contributed by atoms with Gasteiger partial charge < -0.3 is 24.3 Å². The standard InChI is InChI=1S/C23H23BrCl2N4O4/c1-31-19-6-15-18(27-12-28-23(15)29-17-3-2-16(24)21(25)22(17)26)7-20(19)34-11-14-8-30-4-5-32-9-13(30)10-33-14/h2-3,6-7,12-14H,4-5,8-11H2,1H3,(H,27,28,29). The molecule has 3 heterocycles. The van der Waals surface area contributed by atoms with Crippen molar-refractivity contribution in [3.8, 4) is 11.5 Å². The molecule has 2 unspecified atom stereocenters. The molecule has 8 nitrogen and oxygen atoms in total. The molecule has 0 radical (unpaired) electrons.